The fourth-order valence-corrected chi connectivity index (χ4v) is 1.15. The first-order valence-electron chi connectivity index (χ1n) is 4.66. The topological polar surface area (TPSA) is 65.4 Å². The highest BCUT2D eigenvalue weighted by Crippen LogP contribution is 2.09. The molecule has 0 saturated heterocycles. The Kier molecular flexibility index (Phi) is 4.52. The van der Waals surface area contributed by atoms with E-state index in [9.17, 15) is 0 Å². The lowest BCUT2D eigenvalue weighted by atomic mass is 10.1. The second kappa shape index (κ2) is 5.70. The summed E-state index contributed by atoms with van der Waals surface area (Å²) in [4.78, 5) is 3.92. The third-order valence-electron chi connectivity index (χ3n) is 2.08. The maximum Gasteiger partial charge on any atom is 0.0895 e. The average Bonchev–Trinajstić information content (AvgIpc) is 2.26. The van der Waals surface area contributed by atoms with Crippen LogP contribution in [0.5, 0.6) is 0 Å². The van der Waals surface area contributed by atoms with Crippen LogP contribution in [0.1, 0.15) is 18.5 Å². The van der Waals surface area contributed by atoms with Crippen molar-refractivity contribution in [1.82, 2.24) is 10.3 Å². The van der Waals surface area contributed by atoms with Gasteiger partial charge < -0.3 is 15.5 Å². The van der Waals surface area contributed by atoms with Gasteiger partial charge >= 0.3 is 0 Å². The van der Waals surface area contributed by atoms with Crippen molar-refractivity contribution in [2.75, 3.05) is 13.2 Å². The van der Waals surface area contributed by atoms with Crippen molar-refractivity contribution >= 4 is 0 Å². The highest BCUT2D eigenvalue weighted by molar-refractivity contribution is 5.13. The van der Waals surface area contributed by atoms with E-state index in [4.69, 9.17) is 10.2 Å². The molecule has 1 aromatic heterocycles. The minimum Gasteiger partial charge on any atom is -0.394 e. The Labute approximate surface area is 83.6 Å². The van der Waals surface area contributed by atoms with E-state index in [2.05, 4.69) is 10.3 Å². The van der Waals surface area contributed by atoms with E-state index < -0.39 is 6.10 Å². The van der Waals surface area contributed by atoms with Crippen LogP contribution in [0.3, 0.4) is 0 Å². The molecular formula is C10H16N2O2. The summed E-state index contributed by atoms with van der Waals surface area (Å²) in [6.45, 7) is 2.18. The average molecular weight is 196 g/mol. The number of aromatic nitrogens is 1. The predicted molar refractivity (Wildman–Crippen MR) is 53.7 cm³/mol. The Bertz CT molecular complexity index is 254. The monoisotopic (exact) mass is 196 g/mol. The van der Waals surface area contributed by atoms with E-state index in [1.54, 1.807) is 12.4 Å². The number of pyridine rings is 1. The van der Waals surface area contributed by atoms with Crippen molar-refractivity contribution in [2.24, 2.45) is 0 Å². The zero-order chi connectivity index (χ0) is 10.4. The zero-order valence-electron chi connectivity index (χ0n) is 8.22. The third kappa shape index (κ3) is 3.41. The van der Waals surface area contributed by atoms with E-state index in [1.807, 2.05) is 19.1 Å². The molecule has 4 nitrogen and oxygen atoms in total. The van der Waals surface area contributed by atoms with Gasteiger partial charge in [-0.15, -0.1) is 0 Å². The Morgan fingerprint density at radius 2 is 2.07 bits per heavy atom. The van der Waals surface area contributed by atoms with Crippen molar-refractivity contribution in [3.05, 3.63) is 30.1 Å². The first-order chi connectivity index (χ1) is 6.74. The van der Waals surface area contributed by atoms with Crippen LogP contribution < -0.4 is 5.32 Å². The molecule has 1 aromatic rings. The molecule has 1 rings (SSSR count). The molecule has 0 bridgehead atoms. The number of nitrogens with zero attached hydrogens (tertiary/aromatic N) is 1. The van der Waals surface area contributed by atoms with E-state index >= 15 is 0 Å². The van der Waals surface area contributed by atoms with Crippen molar-refractivity contribution in [2.45, 2.75) is 19.1 Å². The van der Waals surface area contributed by atoms with Crippen molar-refractivity contribution < 1.29 is 10.2 Å². The molecule has 0 spiro atoms. The molecule has 14 heavy (non-hydrogen) atoms. The Hall–Kier alpha value is -0.970. The van der Waals surface area contributed by atoms with Crippen LogP contribution in [0, 0.1) is 0 Å². The van der Waals surface area contributed by atoms with E-state index in [0.29, 0.717) is 6.54 Å². The number of aliphatic hydroxyl groups excluding tert-OH is 2. The summed E-state index contributed by atoms with van der Waals surface area (Å²) < 4.78 is 0. The third-order valence-corrected chi connectivity index (χ3v) is 2.08. The lowest BCUT2D eigenvalue weighted by molar-refractivity contribution is 0.0924. The molecule has 0 aliphatic heterocycles. The lowest BCUT2D eigenvalue weighted by Gasteiger charge is -2.15. The van der Waals surface area contributed by atoms with Crippen molar-refractivity contribution in [3.8, 4) is 0 Å². The van der Waals surface area contributed by atoms with Crippen LogP contribution in [0.25, 0.3) is 0 Å². The summed E-state index contributed by atoms with van der Waals surface area (Å²) in [5.41, 5.74) is 1.12. The second-order valence-corrected chi connectivity index (χ2v) is 3.25. The lowest BCUT2D eigenvalue weighted by Crippen LogP contribution is -2.31. The molecule has 2 atom stereocenters. The molecule has 1 heterocycles. The number of hydrogen-bond acceptors (Lipinski definition) is 4. The summed E-state index contributed by atoms with van der Waals surface area (Å²) in [6, 6.07) is 3.99. The molecule has 78 valence electrons. The second-order valence-electron chi connectivity index (χ2n) is 3.25. The molecule has 0 aromatic carbocycles. The van der Waals surface area contributed by atoms with Crippen LogP contribution in [0.4, 0.5) is 0 Å². The standard InChI is InChI=1S/C10H16N2O2/c1-8(12-6-10(14)7-13)9-2-4-11-5-3-9/h2-5,8,10,12-14H,6-7H2,1H3/t8-,10-/m0/s1. The summed E-state index contributed by atoms with van der Waals surface area (Å²) in [7, 11) is 0. The van der Waals surface area contributed by atoms with Crippen molar-refractivity contribution in [1.29, 1.82) is 0 Å². The fourth-order valence-electron chi connectivity index (χ4n) is 1.15. The van der Waals surface area contributed by atoms with Gasteiger partial charge in [0.2, 0.25) is 0 Å². The molecule has 0 amide bonds. The van der Waals surface area contributed by atoms with E-state index in [-0.39, 0.29) is 12.6 Å². The smallest absolute Gasteiger partial charge is 0.0895 e. The van der Waals surface area contributed by atoms with Gasteiger partial charge in [-0.1, -0.05) is 0 Å². The van der Waals surface area contributed by atoms with Gasteiger partial charge in [-0.05, 0) is 24.6 Å². The van der Waals surface area contributed by atoms with Crippen molar-refractivity contribution in [3.63, 3.8) is 0 Å². The Morgan fingerprint density at radius 3 is 2.64 bits per heavy atom. The molecule has 0 aliphatic rings. The molecule has 0 radical (unpaired) electrons. The van der Waals surface area contributed by atoms with Crippen LogP contribution in [0.15, 0.2) is 24.5 Å². The fraction of sp³-hybridized carbons (Fsp3) is 0.500. The highest BCUT2D eigenvalue weighted by Gasteiger charge is 2.06. The van der Waals surface area contributed by atoms with Crippen LogP contribution in [-0.2, 0) is 0 Å². The van der Waals surface area contributed by atoms with Crippen LogP contribution >= 0.6 is 0 Å². The molecular weight excluding hydrogens is 180 g/mol. The normalized spacial score (nSPS) is 15.1. The van der Waals surface area contributed by atoms with E-state index in [1.165, 1.54) is 0 Å². The Morgan fingerprint density at radius 1 is 1.43 bits per heavy atom. The van der Waals surface area contributed by atoms with Gasteiger partial charge in [0.15, 0.2) is 0 Å². The van der Waals surface area contributed by atoms with Gasteiger partial charge in [0.25, 0.3) is 0 Å². The molecule has 0 fully saturated rings. The number of rotatable bonds is 5. The van der Waals surface area contributed by atoms with Gasteiger partial charge in [0.1, 0.15) is 0 Å². The zero-order valence-corrected chi connectivity index (χ0v) is 8.22. The number of aliphatic hydroxyl groups is 2. The predicted octanol–water partition coefficient (Wildman–Crippen LogP) is 0.0854. The largest absolute Gasteiger partial charge is 0.394 e. The summed E-state index contributed by atoms with van der Waals surface area (Å²) in [5.74, 6) is 0. The Balaban J connectivity index is 2.39. The van der Waals surface area contributed by atoms with Gasteiger partial charge in [-0.3, -0.25) is 4.98 Å². The number of hydrogen-bond donors (Lipinski definition) is 3. The summed E-state index contributed by atoms with van der Waals surface area (Å²) in [6.07, 6.45) is 2.77. The number of nitrogens with one attached hydrogen (secondary N) is 1. The first-order valence-corrected chi connectivity index (χ1v) is 4.66. The SMILES string of the molecule is C[C@H](NC[C@H](O)CO)c1ccncc1. The van der Waals surface area contributed by atoms with Crippen LogP contribution in [0.2, 0.25) is 0 Å². The van der Waals surface area contributed by atoms with Gasteiger partial charge in [-0.2, -0.15) is 0 Å². The molecule has 3 N–H and O–H groups in total. The summed E-state index contributed by atoms with van der Waals surface area (Å²) >= 11 is 0. The first kappa shape index (κ1) is 11.1. The minimum absolute atomic E-state index is 0.152. The highest BCUT2D eigenvalue weighted by atomic mass is 16.3. The maximum absolute atomic E-state index is 9.13. The maximum atomic E-state index is 9.13. The van der Waals surface area contributed by atoms with Gasteiger partial charge in [0.05, 0.1) is 12.7 Å². The summed E-state index contributed by atoms with van der Waals surface area (Å²) in [5, 5.41) is 20.9. The molecule has 0 unspecified atom stereocenters. The van der Waals surface area contributed by atoms with Gasteiger partial charge in [-0.25, -0.2) is 0 Å². The van der Waals surface area contributed by atoms with E-state index in [0.717, 1.165) is 5.56 Å². The van der Waals surface area contributed by atoms with Gasteiger partial charge in [0, 0.05) is 25.0 Å². The minimum atomic E-state index is -0.695. The molecule has 0 saturated carbocycles. The quantitative estimate of drug-likeness (QED) is 0.624. The van der Waals surface area contributed by atoms with Crippen LogP contribution in [-0.4, -0.2) is 34.5 Å². The molecule has 0 aliphatic carbocycles. The molecule has 4 heteroatoms.